The van der Waals surface area contributed by atoms with E-state index < -0.39 is 0 Å². The molecule has 0 atom stereocenters. The fraction of sp³-hybridized carbons (Fsp3) is 0.750. The zero-order valence-corrected chi connectivity index (χ0v) is 14.2. The summed E-state index contributed by atoms with van der Waals surface area (Å²) >= 11 is 0. The van der Waals surface area contributed by atoms with Gasteiger partial charge in [0.25, 0.3) is 0 Å². The van der Waals surface area contributed by atoms with E-state index in [-0.39, 0.29) is 44.5 Å². The molecule has 0 saturated carbocycles. The van der Waals surface area contributed by atoms with Crippen molar-refractivity contribution in [2.45, 2.75) is 40.5 Å². The molecule has 0 N–H and O–H groups in total. The Kier molecular flexibility index (Phi) is 12.5. The van der Waals surface area contributed by atoms with Crippen LogP contribution in [0.3, 0.4) is 0 Å². The van der Waals surface area contributed by atoms with Crippen LogP contribution in [0.1, 0.15) is 40.5 Å². The quantitative estimate of drug-likeness (QED) is 0.740. The topological polar surface area (TPSA) is 40.6 Å². The Hall–Kier alpha value is -0.0861. The van der Waals surface area contributed by atoms with Gasteiger partial charge >= 0.3 is 0 Å². The average molecular weight is 316 g/mol. The summed E-state index contributed by atoms with van der Waals surface area (Å²) in [4.78, 5) is 26.0. The molecule has 1 aliphatic rings. The number of rotatable bonds is 4. The molecule has 4 nitrogen and oxygen atoms in total. The molecular weight excluding hydrogens is 293 g/mol. The van der Waals surface area contributed by atoms with Crippen molar-refractivity contribution in [3.05, 3.63) is 6.54 Å². The first kappa shape index (κ1) is 19.3. The van der Waals surface area contributed by atoms with Crippen molar-refractivity contribution in [3.63, 3.8) is 0 Å². The minimum atomic E-state index is -0.0646. The van der Waals surface area contributed by atoms with Crippen molar-refractivity contribution in [3.8, 4) is 0 Å². The van der Waals surface area contributed by atoms with Crippen LogP contribution in [0.15, 0.2) is 0 Å². The minimum absolute atomic E-state index is 0. The molecule has 0 spiro atoms. The zero-order valence-electron chi connectivity index (χ0n) is 11.4. The van der Waals surface area contributed by atoms with Gasteiger partial charge in [0.2, 0.25) is 0 Å². The van der Waals surface area contributed by atoms with Crippen LogP contribution in [0.4, 0.5) is 0 Å². The van der Waals surface area contributed by atoms with Crippen molar-refractivity contribution in [2.75, 3.05) is 19.6 Å². The molecule has 97 valence electrons. The van der Waals surface area contributed by atoms with Crippen LogP contribution in [0.5, 0.6) is 0 Å². The Morgan fingerprint density at radius 1 is 1.35 bits per heavy atom. The van der Waals surface area contributed by atoms with E-state index in [0.29, 0.717) is 26.1 Å². The number of likely N-dealkylation sites (N-methyl/N-ethyl adjacent to an activating group) is 1. The van der Waals surface area contributed by atoms with E-state index in [1.165, 1.54) is 11.4 Å². The number of carbonyl (C=O) groups is 2. The van der Waals surface area contributed by atoms with Gasteiger partial charge in [-0.25, -0.2) is 6.54 Å². The maximum absolute atomic E-state index is 11.6. The second kappa shape index (κ2) is 11.0. The van der Waals surface area contributed by atoms with Gasteiger partial charge in [-0.2, -0.15) is 0 Å². The molecular formula is C12H23N2O2Y-. The Morgan fingerprint density at radius 3 is 2.24 bits per heavy atom. The maximum atomic E-state index is 11.6. The molecule has 0 aromatic heterocycles. The van der Waals surface area contributed by atoms with Crippen molar-refractivity contribution < 1.29 is 42.3 Å². The molecule has 1 heterocycles. The Bertz CT molecular complexity index is 231. The third-order valence-electron chi connectivity index (χ3n) is 2.45. The predicted octanol–water partition coefficient (Wildman–Crippen LogP) is 1.66. The van der Waals surface area contributed by atoms with E-state index in [4.69, 9.17) is 0 Å². The largest absolute Gasteiger partial charge is 0.469 e. The van der Waals surface area contributed by atoms with E-state index in [1.807, 2.05) is 27.7 Å². The van der Waals surface area contributed by atoms with E-state index in [0.717, 1.165) is 6.42 Å². The third kappa shape index (κ3) is 6.42. The molecule has 0 aromatic rings. The molecule has 1 saturated heterocycles. The van der Waals surface area contributed by atoms with E-state index in [2.05, 4.69) is 0 Å². The molecule has 1 radical (unpaired) electrons. The standard InChI is InChI=1S/C10H17N2O2.C2H6.Y/c1-3-11(4-2)10(14)8-12-7-5-6-9(12)13;1-2;/h8H,3-7H2,1-2H3;1-2H3;/q-1;;. The van der Waals surface area contributed by atoms with Crippen LogP contribution in [0.25, 0.3) is 0 Å². The number of carbonyl (C=O) groups excluding carboxylic acids is 2. The molecule has 5 heteroatoms. The van der Waals surface area contributed by atoms with Crippen LogP contribution >= 0.6 is 0 Å². The van der Waals surface area contributed by atoms with Gasteiger partial charge < -0.3 is 14.6 Å². The molecule has 1 rings (SSSR count). The molecule has 1 aliphatic heterocycles. The second-order valence-electron chi connectivity index (χ2n) is 3.33. The molecule has 0 aliphatic carbocycles. The van der Waals surface area contributed by atoms with Crippen molar-refractivity contribution in [1.29, 1.82) is 0 Å². The molecule has 0 aromatic carbocycles. The summed E-state index contributed by atoms with van der Waals surface area (Å²) in [6, 6.07) is 0. The molecule has 1 fully saturated rings. The minimum Gasteiger partial charge on any atom is -0.469 e. The van der Waals surface area contributed by atoms with Gasteiger partial charge in [-0.15, -0.1) is 0 Å². The average Bonchev–Trinajstić information content (AvgIpc) is 2.69. The number of nitrogens with zero attached hydrogens (tertiary/aromatic N) is 2. The first-order chi connectivity index (χ1) is 7.69. The van der Waals surface area contributed by atoms with Gasteiger partial charge in [0, 0.05) is 52.2 Å². The fourth-order valence-corrected chi connectivity index (χ4v) is 1.56. The molecule has 0 unspecified atom stereocenters. The molecule has 0 bridgehead atoms. The summed E-state index contributed by atoms with van der Waals surface area (Å²) in [5, 5.41) is 0. The van der Waals surface area contributed by atoms with Crippen LogP contribution in [-0.4, -0.2) is 41.2 Å². The smallest absolute Gasteiger partial charge is 0.196 e. The Morgan fingerprint density at radius 2 is 1.88 bits per heavy atom. The first-order valence-corrected chi connectivity index (χ1v) is 6.12. The number of hydrogen-bond donors (Lipinski definition) is 0. The third-order valence-corrected chi connectivity index (χ3v) is 2.45. The fourth-order valence-electron chi connectivity index (χ4n) is 1.56. The normalized spacial score (nSPS) is 13.4. The summed E-state index contributed by atoms with van der Waals surface area (Å²) in [6.45, 7) is 11.4. The Labute approximate surface area is 130 Å². The van der Waals surface area contributed by atoms with Gasteiger partial charge in [-0.05, 0) is 26.8 Å². The van der Waals surface area contributed by atoms with E-state index in [9.17, 15) is 9.59 Å². The van der Waals surface area contributed by atoms with Gasteiger partial charge in [0.1, 0.15) is 5.91 Å². The van der Waals surface area contributed by atoms with Crippen molar-refractivity contribution in [2.24, 2.45) is 0 Å². The summed E-state index contributed by atoms with van der Waals surface area (Å²) in [6.07, 6.45) is 1.43. The van der Waals surface area contributed by atoms with Crippen LogP contribution in [0.2, 0.25) is 0 Å². The monoisotopic (exact) mass is 316 g/mol. The first-order valence-electron chi connectivity index (χ1n) is 6.12. The summed E-state index contributed by atoms with van der Waals surface area (Å²) in [5.41, 5.74) is 0. The van der Waals surface area contributed by atoms with Gasteiger partial charge in [0.05, 0.1) is 0 Å². The summed E-state index contributed by atoms with van der Waals surface area (Å²) in [5.74, 6) is -0.00393. The van der Waals surface area contributed by atoms with E-state index in [1.54, 1.807) is 4.90 Å². The van der Waals surface area contributed by atoms with Gasteiger partial charge in [-0.1, -0.05) is 13.8 Å². The van der Waals surface area contributed by atoms with Crippen LogP contribution in [0, 0.1) is 6.54 Å². The number of likely N-dealkylation sites (tertiary alicyclic amines) is 1. The number of amides is 2. The van der Waals surface area contributed by atoms with Crippen LogP contribution in [-0.2, 0) is 42.3 Å². The predicted molar refractivity (Wildman–Crippen MR) is 64.5 cm³/mol. The molecule has 17 heavy (non-hydrogen) atoms. The van der Waals surface area contributed by atoms with Gasteiger partial charge in [-0.3, -0.25) is 4.79 Å². The number of hydrogen-bond acceptors (Lipinski definition) is 2. The van der Waals surface area contributed by atoms with Gasteiger partial charge in [0.15, 0.2) is 5.91 Å². The summed E-state index contributed by atoms with van der Waals surface area (Å²) in [7, 11) is 0. The zero-order chi connectivity index (χ0) is 12.6. The second-order valence-corrected chi connectivity index (χ2v) is 3.33. The Balaban J connectivity index is 0. The maximum Gasteiger partial charge on any atom is 0.196 e. The molecule has 2 amide bonds. The summed E-state index contributed by atoms with van der Waals surface area (Å²) < 4.78 is 0. The van der Waals surface area contributed by atoms with Crippen molar-refractivity contribution >= 4 is 11.8 Å². The van der Waals surface area contributed by atoms with Crippen molar-refractivity contribution in [1.82, 2.24) is 9.80 Å². The van der Waals surface area contributed by atoms with E-state index >= 15 is 0 Å². The SMILES string of the molecule is CC.CCN(CC)C(=O)[CH-]N1CCCC1=O.[Y]. The van der Waals surface area contributed by atoms with Crippen LogP contribution < -0.4 is 0 Å².